The first-order valence-electron chi connectivity index (χ1n) is 16.6. The molecule has 0 fully saturated rings. The summed E-state index contributed by atoms with van der Waals surface area (Å²) in [6.07, 6.45) is 3.15. The van der Waals surface area contributed by atoms with Gasteiger partial charge in [-0.3, -0.25) is 24.6 Å². The molecule has 4 aromatic heterocycles. The molecule has 0 spiro atoms. The van der Waals surface area contributed by atoms with Crippen LogP contribution < -0.4 is 15.6 Å². The molecular formula is C37H42ClN7O4S. The van der Waals surface area contributed by atoms with E-state index in [1.165, 1.54) is 0 Å². The second-order valence-electron chi connectivity index (χ2n) is 13.7. The number of pyridine rings is 1. The number of carbonyl (C=O) groups is 1. The maximum Gasteiger partial charge on any atom is 0.414 e. The lowest BCUT2D eigenvalue weighted by Gasteiger charge is -2.32. The quantitative estimate of drug-likeness (QED) is 0.167. The Balaban J connectivity index is 1.15. The average Bonchev–Trinajstić information content (AvgIpc) is 3.41. The van der Waals surface area contributed by atoms with Crippen LogP contribution in [0.15, 0.2) is 46.7 Å². The Morgan fingerprint density at radius 3 is 2.70 bits per heavy atom. The van der Waals surface area contributed by atoms with E-state index >= 15 is 0 Å². The van der Waals surface area contributed by atoms with Gasteiger partial charge in [-0.25, -0.2) is 19.7 Å². The smallest absolute Gasteiger partial charge is 0.414 e. The van der Waals surface area contributed by atoms with Gasteiger partial charge in [-0.2, -0.15) is 0 Å². The molecule has 1 atom stereocenters. The van der Waals surface area contributed by atoms with Gasteiger partial charge in [0, 0.05) is 46.2 Å². The largest absolute Gasteiger partial charge is 0.491 e. The maximum atomic E-state index is 13.9. The topological polar surface area (TPSA) is 124 Å². The van der Waals surface area contributed by atoms with E-state index in [4.69, 9.17) is 31.0 Å². The molecular weight excluding hydrogens is 674 g/mol. The molecule has 5 aromatic rings. The van der Waals surface area contributed by atoms with E-state index in [2.05, 4.69) is 38.6 Å². The summed E-state index contributed by atoms with van der Waals surface area (Å²) >= 11 is 8.13. The molecule has 262 valence electrons. The second kappa shape index (κ2) is 14.5. The van der Waals surface area contributed by atoms with Gasteiger partial charge in [0.25, 0.3) is 5.56 Å². The zero-order valence-corrected chi connectivity index (χ0v) is 31.0. The van der Waals surface area contributed by atoms with Crippen molar-refractivity contribution >= 4 is 45.2 Å². The number of benzene rings is 1. The number of likely N-dealkylation sites (N-methyl/N-ethyl adjacent to an activating group) is 1. The lowest BCUT2D eigenvalue weighted by atomic mass is 9.91. The summed E-state index contributed by atoms with van der Waals surface area (Å²) in [6.45, 7) is 12.5. The second-order valence-corrected chi connectivity index (χ2v) is 15.1. The lowest BCUT2D eigenvalue weighted by molar-refractivity contribution is 0.0634. The number of aromatic nitrogens is 5. The summed E-state index contributed by atoms with van der Waals surface area (Å²) in [5.41, 5.74) is 6.65. The third-order valence-corrected chi connectivity index (χ3v) is 10.0. The average molecular weight is 716 g/mol. The number of anilines is 1. The van der Waals surface area contributed by atoms with E-state index in [9.17, 15) is 9.59 Å². The zero-order chi connectivity index (χ0) is 35.7. The zero-order valence-electron chi connectivity index (χ0n) is 29.5. The number of hydrogen-bond donors (Lipinski definition) is 1. The van der Waals surface area contributed by atoms with Crippen molar-refractivity contribution in [1.82, 2.24) is 29.4 Å². The summed E-state index contributed by atoms with van der Waals surface area (Å²) in [6, 6.07) is 9.62. The van der Waals surface area contributed by atoms with Crippen molar-refractivity contribution in [3.05, 3.63) is 91.3 Å². The molecule has 50 heavy (non-hydrogen) atoms. The molecule has 6 rings (SSSR count). The fraction of sp³-hybridized carbons (Fsp3) is 0.405. The number of nitrogens with zero attached hydrogens (tertiary/aromatic N) is 6. The molecule has 1 amide bonds. The molecule has 0 bridgehead atoms. The van der Waals surface area contributed by atoms with E-state index in [-0.39, 0.29) is 24.2 Å². The van der Waals surface area contributed by atoms with Crippen LogP contribution in [0.25, 0.3) is 21.3 Å². The summed E-state index contributed by atoms with van der Waals surface area (Å²) in [4.78, 5) is 46.6. The Bertz CT molecular complexity index is 2120. The summed E-state index contributed by atoms with van der Waals surface area (Å²) in [5, 5.41) is 5.33. The highest BCUT2D eigenvalue weighted by Gasteiger charge is 2.27. The fourth-order valence-electron chi connectivity index (χ4n) is 6.31. The van der Waals surface area contributed by atoms with Gasteiger partial charge in [0.1, 0.15) is 23.8 Å². The Hall–Kier alpha value is -4.39. The Morgan fingerprint density at radius 2 is 1.92 bits per heavy atom. The molecule has 4 heterocycles. The van der Waals surface area contributed by atoms with Crippen molar-refractivity contribution in [3.8, 4) is 16.9 Å². The number of ether oxygens (including phenoxy) is 2. The normalized spacial score (nSPS) is 14.5. The number of carbonyl (C=O) groups excluding carboxylic acids is 1. The first-order chi connectivity index (χ1) is 23.8. The van der Waals surface area contributed by atoms with Crippen molar-refractivity contribution in [3.63, 3.8) is 0 Å². The van der Waals surface area contributed by atoms with Gasteiger partial charge in [0.05, 0.1) is 28.1 Å². The van der Waals surface area contributed by atoms with Crippen LogP contribution in [0.5, 0.6) is 5.75 Å². The standard InChI is InChI=1S/C37H42ClN7O4S/c1-21-20-50-33-28(16-22(2)40-32(21)33)27-17-24(38)8-11-31(27)48-15-14-45-23(3)41-30-10-9-26(18-29(30)34(45)46)44(7)19-25-12-13-39-35(42-25)43-36(47)49-37(4,5)6/h8,11-13,16-17,20,26H,9-10,14-15,18-19H2,1-7H3,(H,39,42,43,47). The van der Waals surface area contributed by atoms with Crippen LogP contribution in [0.1, 0.15) is 61.2 Å². The fourth-order valence-corrected chi connectivity index (χ4v) is 7.50. The Labute approximate surface area is 300 Å². The SMILES string of the molecule is Cc1cc(-c2cc(Cl)ccc2OCCn2c(C)nc3c(c2=O)CC(N(C)Cc2ccnc(NC(=O)OC(C)(C)C)n2)CC3)c2scc(C)c2n1. The van der Waals surface area contributed by atoms with Gasteiger partial charge >= 0.3 is 6.09 Å². The molecule has 11 nitrogen and oxygen atoms in total. The molecule has 1 aliphatic rings. The summed E-state index contributed by atoms with van der Waals surface area (Å²) in [7, 11) is 2.02. The number of thiophene rings is 1. The number of nitrogens with one attached hydrogen (secondary N) is 1. The number of aryl methyl sites for hydroxylation is 4. The monoisotopic (exact) mass is 715 g/mol. The van der Waals surface area contributed by atoms with Crippen molar-refractivity contribution in [2.75, 3.05) is 19.0 Å². The van der Waals surface area contributed by atoms with Crippen molar-refractivity contribution in [2.24, 2.45) is 0 Å². The predicted octanol–water partition coefficient (Wildman–Crippen LogP) is 7.30. The molecule has 1 aliphatic carbocycles. The number of amides is 1. The van der Waals surface area contributed by atoms with E-state index in [1.807, 2.05) is 45.2 Å². The van der Waals surface area contributed by atoms with Crippen LogP contribution in [-0.4, -0.2) is 60.8 Å². The highest BCUT2D eigenvalue weighted by molar-refractivity contribution is 7.18. The molecule has 0 saturated carbocycles. The minimum Gasteiger partial charge on any atom is -0.491 e. The van der Waals surface area contributed by atoms with Gasteiger partial charge in [-0.15, -0.1) is 11.3 Å². The number of hydrogen-bond acceptors (Lipinski definition) is 10. The van der Waals surface area contributed by atoms with E-state index < -0.39 is 11.7 Å². The third kappa shape index (κ3) is 7.98. The minimum absolute atomic E-state index is 0.0306. The maximum absolute atomic E-state index is 13.9. The van der Waals surface area contributed by atoms with Gasteiger partial charge in [-0.1, -0.05) is 11.6 Å². The Kier molecular flexibility index (Phi) is 10.2. The molecule has 0 radical (unpaired) electrons. The highest BCUT2D eigenvalue weighted by Crippen LogP contribution is 2.40. The Morgan fingerprint density at radius 1 is 1.12 bits per heavy atom. The molecule has 1 aromatic carbocycles. The van der Waals surface area contributed by atoms with Crippen LogP contribution in [0.4, 0.5) is 10.7 Å². The minimum atomic E-state index is -0.630. The molecule has 1 unspecified atom stereocenters. The molecule has 1 N–H and O–H groups in total. The van der Waals surface area contributed by atoms with Crippen LogP contribution >= 0.6 is 22.9 Å². The number of halogens is 1. The van der Waals surface area contributed by atoms with E-state index in [0.29, 0.717) is 42.5 Å². The first-order valence-corrected chi connectivity index (χ1v) is 17.9. The predicted molar refractivity (Wildman–Crippen MR) is 197 cm³/mol. The summed E-state index contributed by atoms with van der Waals surface area (Å²) in [5.74, 6) is 1.55. The van der Waals surface area contributed by atoms with Crippen LogP contribution in [-0.2, 0) is 30.7 Å². The van der Waals surface area contributed by atoms with Gasteiger partial charge in [0.2, 0.25) is 5.95 Å². The van der Waals surface area contributed by atoms with Crippen LogP contribution in [0.3, 0.4) is 0 Å². The van der Waals surface area contributed by atoms with Gasteiger partial charge in [0.15, 0.2) is 0 Å². The number of rotatable bonds is 9. The third-order valence-electron chi connectivity index (χ3n) is 8.69. The van der Waals surface area contributed by atoms with E-state index in [1.54, 1.807) is 42.9 Å². The van der Waals surface area contributed by atoms with Crippen molar-refractivity contribution < 1.29 is 14.3 Å². The highest BCUT2D eigenvalue weighted by atomic mass is 35.5. The van der Waals surface area contributed by atoms with Crippen LogP contribution in [0.2, 0.25) is 5.02 Å². The van der Waals surface area contributed by atoms with Crippen molar-refractivity contribution in [1.29, 1.82) is 0 Å². The van der Waals surface area contributed by atoms with Crippen molar-refractivity contribution in [2.45, 2.75) is 85.5 Å². The lowest BCUT2D eigenvalue weighted by Crippen LogP contribution is -2.41. The number of fused-ring (bicyclic) bond motifs is 2. The first kappa shape index (κ1) is 35.4. The molecule has 13 heteroatoms. The van der Waals surface area contributed by atoms with Gasteiger partial charge < -0.3 is 9.47 Å². The van der Waals surface area contributed by atoms with Crippen LogP contribution in [0, 0.1) is 20.8 Å². The van der Waals surface area contributed by atoms with E-state index in [0.717, 1.165) is 56.0 Å². The molecule has 0 aliphatic heterocycles. The molecule has 0 saturated heterocycles. The summed E-state index contributed by atoms with van der Waals surface area (Å²) < 4.78 is 14.5. The van der Waals surface area contributed by atoms with Gasteiger partial charge in [-0.05, 0) is 109 Å².